The summed E-state index contributed by atoms with van der Waals surface area (Å²) in [6.07, 6.45) is 0. The molecule has 0 saturated carbocycles. The van der Waals surface area contributed by atoms with E-state index in [1.54, 1.807) is 0 Å². The van der Waals surface area contributed by atoms with Crippen molar-refractivity contribution in [3.05, 3.63) is 18.2 Å². The van der Waals surface area contributed by atoms with Crippen LogP contribution < -0.4 is 4.74 Å². The van der Waals surface area contributed by atoms with Crippen molar-refractivity contribution in [2.45, 2.75) is 6.92 Å². The van der Waals surface area contributed by atoms with Gasteiger partial charge in [-0.25, -0.2) is 0 Å². The normalized spacial score (nSPS) is 10.4. The van der Waals surface area contributed by atoms with Gasteiger partial charge in [0.15, 0.2) is 0 Å². The fraction of sp³-hybridized carbons (Fsp3) is 0.250. The van der Waals surface area contributed by atoms with E-state index in [2.05, 4.69) is 8.75 Å². The summed E-state index contributed by atoms with van der Waals surface area (Å²) < 4.78 is 13.6. The second-order valence-electron chi connectivity index (χ2n) is 2.32. The third-order valence-electron chi connectivity index (χ3n) is 1.55. The van der Waals surface area contributed by atoms with Crippen LogP contribution in [0.3, 0.4) is 0 Å². The molecule has 1 heterocycles. The van der Waals surface area contributed by atoms with Crippen LogP contribution in [0.1, 0.15) is 6.92 Å². The van der Waals surface area contributed by atoms with Gasteiger partial charge >= 0.3 is 0 Å². The molecular formula is C8H8N2OS. The van der Waals surface area contributed by atoms with Crippen molar-refractivity contribution in [2.75, 3.05) is 6.61 Å². The van der Waals surface area contributed by atoms with E-state index in [0.29, 0.717) is 6.61 Å². The summed E-state index contributed by atoms with van der Waals surface area (Å²) in [5, 5.41) is 0. The summed E-state index contributed by atoms with van der Waals surface area (Å²) in [6.45, 7) is 2.62. The lowest BCUT2D eigenvalue weighted by atomic mass is 10.3. The van der Waals surface area contributed by atoms with E-state index in [1.165, 1.54) is 11.7 Å². The maximum Gasteiger partial charge on any atom is 0.148 e. The van der Waals surface area contributed by atoms with Crippen LogP contribution in [0.5, 0.6) is 5.75 Å². The van der Waals surface area contributed by atoms with Crippen LogP contribution in [0.4, 0.5) is 0 Å². The molecule has 0 amide bonds. The molecule has 1 aromatic heterocycles. The Morgan fingerprint density at radius 1 is 1.42 bits per heavy atom. The minimum atomic E-state index is 0.663. The molecule has 0 aliphatic rings. The van der Waals surface area contributed by atoms with Crippen molar-refractivity contribution >= 4 is 22.8 Å². The van der Waals surface area contributed by atoms with Crippen molar-refractivity contribution in [1.29, 1.82) is 0 Å². The molecule has 0 atom stereocenters. The highest BCUT2D eigenvalue weighted by Crippen LogP contribution is 2.22. The predicted octanol–water partition coefficient (Wildman–Crippen LogP) is 2.09. The minimum absolute atomic E-state index is 0.663. The Hall–Kier alpha value is -1.16. The number of hydrogen-bond donors (Lipinski definition) is 0. The summed E-state index contributed by atoms with van der Waals surface area (Å²) in [4.78, 5) is 0. The molecule has 0 radical (unpaired) electrons. The Kier molecular flexibility index (Phi) is 1.91. The Labute approximate surface area is 74.3 Å². The second kappa shape index (κ2) is 3.06. The molecule has 62 valence electrons. The number of rotatable bonds is 2. The third-order valence-corrected chi connectivity index (χ3v) is 2.09. The number of benzene rings is 1. The van der Waals surface area contributed by atoms with E-state index in [-0.39, 0.29) is 0 Å². The monoisotopic (exact) mass is 180 g/mol. The molecule has 4 heteroatoms. The van der Waals surface area contributed by atoms with Crippen LogP contribution in [-0.2, 0) is 0 Å². The van der Waals surface area contributed by atoms with Crippen molar-refractivity contribution in [3.63, 3.8) is 0 Å². The van der Waals surface area contributed by atoms with E-state index in [9.17, 15) is 0 Å². The average Bonchev–Trinajstić information content (AvgIpc) is 2.53. The predicted molar refractivity (Wildman–Crippen MR) is 48.6 cm³/mol. The molecule has 1 aromatic carbocycles. The van der Waals surface area contributed by atoms with E-state index < -0.39 is 0 Å². The van der Waals surface area contributed by atoms with Crippen molar-refractivity contribution in [3.8, 4) is 5.75 Å². The molecule has 0 bridgehead atoms. The molecule has 0 saturated heterocycles. The highest BCUT2D eigenvalue weighted by Gasteiger charge is 2.03. The Bertz CT molecular complexity index is 385. The Balaban J connectivity index is 2.57. The lowest BCUT2D eigenvalue weighted by Gasteiger charge is -2.01. The molecule has 0 fully saturated rings. The van der Waals surface area contributed by atoms with E-state index in [1.807, 2.05) is 25.1 Å². The largest absolute Gasteiger partial charge is 0.491 e. The Morgan fingerprint density at radius 2 is 2.33 bits per heavy atom. The zero-order valence-electron chi connectivity index (χ0n) is 6.65. The first kappa shape index (κ1) is 7.49. The third kappa shape index (κ3) is 1.14. The van der Waals surface area contributed by atoms with Gasteiger partial charge in [0.2, 0.25) is 0 Å². The van der Waals surface area contributed by atoms with Gasteiger partial charge in [-0.1, -0.05) is 6.07 Å². The smallest absolute Gasteiger partial charge is 0.148 e. The lowest BCUT2D eigenvalue weighted by molar-refractivity contribution is 0.344. The van der Waals surface area contributed by atoms with E-state index in [4.69, 9.17) is 4.74 Å². The summed E-state index contributed by atoms with van der Waals surface area (Å²) in [5.74, 6) is 0.823. The van der Waals surface area contributed by atoms with Gasteiger partial charge < -0.3 is 4.74 Å². The summed E-state index contributed by atoms with van der Waals surface area (Å²) in [5.41, 5.74) is 1.77. The van der Waals surface area contributed by atoms with Crippen molar-refractivity contribution < 1.29 is 4.74 Å². The topological polar surface area (TPSA) is 35.0 Å². The SMILES string of the molecule is CCOc1cccc2nsnc12. The van der Waals surface area contributed by atoms with Crippen LogP contribution in [0, 0.1) is 0 Å². The minimum Gasteiger partial charge on any atom is -0.491 e. The molecule has 0 unspecified atom stereocenters. The summed E-state index contributed by atoms with van der Waals surface area (Å²) in [6, 6.07) is 5.77. The van der Waals surface area contributed by atoms with Gasteiger partial charge in [-0.3, -0.25) is 0 Å². The number of fused-ring (bicyclic) bond motifs is 1. The van der Waals surface area contributed by atoms with Gasteiger partial charge in [0.25, 0.3) is 0 Å². The van der Waals surface area contributed by atoms with Crippen LogP contribution in [0.15, 0.2) is 18.2 Å². The summed E-state index contributed by atoms with van der Waals surface area (Å²) >= 11 is 1.21. The summed E-state index contributed by atoms with van der Waals surface area (Å²) in [7, 11) is 0. The van der Waals surface area contributed by atoms with Gasteiger partial charge in [0, 0.05) is 0 Å². The number of ether oxygens (including phenoxy) is 1. The number of hydrogen-bond acceptors (Lipinski definition) is 4. The van der Waals surface area contributed by atoms with Gasteiger partial charge in [-0.2, -0.15) is 8.75 Å². The molecule has 12 heavy (non-hydrogen) atoms. The van der Waals surface area contributed by atoms with Crippen LogP contribution in [0.25, 0.3) is 11.0 Å². The maximum atomic E-state index is 5.38. The lowest BCUT2D eigenvalue weighted by Crippen LogP contribution is -1.91. The number of aromatic nitrogens is 2. The first-order valence-corrected chi connectivity index (χ1v) is 4.49. The van der Waals surface area contributed by atoms with E-state index in [0.717, 1.165) is 16.8 Å². The molecular weight excluding hydrogens is 172 g/mol. The quantitative estimate of drug-likeness (QED) is 0.709. The van der Waals surface area contributed by atoms with Crippen LogP contribution in [0.2, 0.25) is 0 Å². The zero-order chi connectivity index (χ0) is 8.39. The average molecular weight is 180 g/mol. The van der Waals surface area contributed by atoms with E-state index >= 15 is 0 Å². The highest BCUT2D eigenvalue weighted by molar-refractivity contribution is 7.00. The van der Waals surface area contributed by atoms with Crippen LogP contribution >= 0.6 is 11.7 Å². The number of nitrogens with zero attached hydrogens (tertiary/aromatic N) is 2. The Morgan fingerprint density at radius 3 is 3.17 bits per heavy atom. The van der Waals surface area contributed by atoms with Gasteiger partial charge in [-0.15, -0.1) is 0 Å². The van der Waals surface area contributed by atoms with Gasteiger partial charge in [0.1, 0.15) is 16.8 Å². The molecule has 0 aliphatic heterocycles. The molecule has 2 rings (SSSR count). The first-order valence-electron chi connectivity index (χ1n) is 3.76. The van der Waals surface area contributed by atoms with Crippen molar-refractivity contribution in [2.24, 2.45) is 0 Å². The first-order chi connectivity index (χ1) is 5.92. The molecule has 0 aliphatic carbocycles. The zero-order valence-corrected chi connectivity index (χ0v) is 7.47. The molecule has 2 aromatic rings. The fourth-order valence-electron chi connectivity index (χ4n) is 1.05. The molecule has 3 nitrogen and oxygen atoms in total. The standard InChI is InChI=1S/C8H8N2OS/c1-2-11-7-5-3-4-6-8(7)10-12-9-6/h3-5H,2H2,1H3. The van der Waals surface area contributed by atoms with Crippen molar-refractivity contribution in [1.82, 2.24) is 8.75 Å². The van der Waals surface area contributed by atoms with Gasteiger partial charge in [0.05, 0.1) is 18.3 Å². The van der Waals surface area contributed by atoms with Crippen LogP contribution in [-0.4, -0.2) is 15.4 Å². The maximum absolute atomic E-state index is 5.38. The fourth-order valence-corrected chi connectivity index (χ4v) is 1.59. The highest BCUT2D eigenvalue weighted by atomic mass is 32.1. The molecule has 0 N–H and O–H groups in total. The molecule has 0 spiro atoms. The second-order valence-corrected chi connectivity index (χ2v) is 2.85. The van der Waals surface area contributed by atoms with Gasteiger partial charge in [-0.05, 0) is 19.1 Å².